The van der Waals surface area contributed by atoms with E-state index in [-0.39, 0.29) is 17.9 Å². The number of nitrogens with zero attached hydrogens (tertiary/aromatic N) is 1. The summed E-state index contributed by atoms with van der Waals surface area (Å²) in [6.07, 6.45) is 4.09. The monoisotopic (exact) mass is 322 g/mol. The van der Waals surface area contributed by atoms with E-state index in [1.165, 1.54) is 0 Å². The molecule has 1 N–H and O–H groups in total. The Morgan fingerprint density at radius 2 is 2.32 bits per heavy atom. The van der Waals surface area contributed by atoms with E-state index < -0.39 is 10.0 Å². The largest absolute Gasteiger partial charge is 0.378 e. The van der Waals surface area contributed by atoms with Crippen LogP contribution in [0.25, 0.3) is 0 Å². The highest BCUT2D eigenvalue weighted by atomic mass is 32.2. The molecule has 1 aliphatic heterocycles. The van der Waals surface area contributed by atoms with Gasteiger partial charge >= 0.3 is 0 Å². The Morgan fingerprint density at radius 1 is 1.50 bits per heavy atom. The average Bonchev–Trinajstić information content (AvgIpc) is 2.97. The van der Waals surface area contributed by atoms with Crippen LogP contribution in [0, 0.1) is 11.3 Å². The standard InChI is InChI=1S/C16H22N2O3S/c1-13(7-8-16-6-3-9-21-16)18-22(19,20)12-15-5-2-4-14(10-15)11-17/h2,4-5,10,13,16,18H,3,6-9,12H2,1H3. The SMILES string of the molecule is CC(CCC1CCCO1)NS(=O)(=O)Cc1cccc(C#N)c1. The minimum absolute atomic E-state index is 0.104. The lowest BCUT2D eigenvalue weighted by molar-refractivity contribution is 0.101. The minimum atomic E-state index is -3.40. The lowest BCUT2D eigenvalue weighted by atomic mass is 10.1. The zero-order chi connectivity index (χ0) is 16.0. The second-order valence-corrected chi connectivity index (χ2v) is 7.56. The van der Waals surface area contributed by atoms with E-state index in [0.717, 1.165) is 32.3 Å². The Labute approximate surface area is 132 Å². The molecule has 5 nitrogen and oxygen atoms in total. The molecule has 1 aromatic rings. The van der Waals surface area contributed by atoms with Crippen LogP contribution in [0.1, 0.15) is 43.7 Å². The Hall–Kier alpha value is -1.42. The van der Waals surface area contributed by atoms with E-state index in [4.69, 9.17) is 10.00 Å². The molecule has 1 fully saturated rings. The van der Waals surface area contributed by atoms with Gasteiger partial charge in [0.2, 0.25) is 10.0 Å². The molecular formula is C16H22N2O3S. The Kier molecular flexibility index (Phi) is 5.95. The van der Waals surface area contributed by atoms with Crippen molar-refractivity contribution in [2.24, 2.45) is 0 Å². The fourth-order valence-electron chi connectivity index (χ4n) is 2.67. The molecule has 0 radical (unpaired) electrons. The van der Waals surface area contributed by atoms with Gasteiger partial charge in [0.25, 0.3) is 0 Å². The van der Waals surface area contributed by atoms with Crippen LogP contribution in [0.3, 0.4) is 0 Å². The van der Waals surface area contributed by atoms with Gasteiger partial charge in [0.15, 0.2) is 0 Å². The summed E-state index contributed by atoms with van der Waals surface area (Å²) in [5.41, 5.74) is 1.09. The van der Waals surface area contributed by atoms with Crippen LogP contribution >= 0.6 is 0 Å². The molecule has 0 saturated carbocycles. The van der Waals surface area contributed by atoms with E-state index in [0.29, 0.717) is 11.1 Å². The van der Waals surface area contributed by atoms with Crippen molar-refractivity contribution in [2.75, 3.05) is 6.61 Å². The quantitative estimate of drug-likeness (QED) is 0.835. The first-order chi connectivity index (χ1) is 10.5. The van der Waals surface area contributed by atoms with Gasteiger partial charge in [-0.2, -0.15) is 5.26 Å². The van der Waals surface area contributed by atoms with Crippen molar-refractivity contribution < 1.29 is 13.2 Å². The maximum Gasteiger partial charge on any atom is 0.216 e. The Morgan fingerprint density at radius 3 is 3.00 bits per heavy atom. The minimum Gasteiger partial charge on any atom is -0.378 e. The highest BCUT2D eigenvalue weighted by Crippen LogP contribution is 2.18. The van der Waals surface area contributed by atoms with Gasteiger partial charge in [0, 0.05) is 12.6 Å². The second kappa shape index (κ2) is 7.73. The predicted octanol–water partition coefficient (Wildman–Crippen LogP) is 2.33. The van der Waals surface area contributed by atoms with Crippen LogP contribution in [0.4, 0.5) is 0 Å². The van der Waals surface area contributed by atoms with Gasteiger partial charge in [-0.05, 0) is 50.3 Å². The molecular weight excluding hydrogens is 300 g/mol. The van der Waals surface area contributed by atoms with Gasteiger partial charge in [-0.1, -0.05) is 12.1 Å². The molecule has 1 heterocycles. The third kappa shape index (κ3) is 5.41. The number of hydrogen-bond donors (Lipinski definition) is 1. The van der Waals surface area contributed by atoms with Crippen molar-refractivity contribution in [1.82, 2.24) is 4.72 Å². The molecule has 120 valence electrons. The van der Waals surface area contributed by atoms with Crippen LogP contribution in [-0.2, 0) is 20.5 Å². The molecule has 1 aromatic carbocycles. The van der Waals surface area contributed by atoms with Crippen LogP contribution in [0.5, 0.6) is 0 Å². The third-order valence-corrected chi connectivity index (χ3v) is 5.21. The molecule has 2 atom stereocenters. The maximum absolute atomic E-state index is 12.2. The molecule has 0 aromatic heterocycles. The Balaban J connectivity index is 1.85. The van der Waals surface area contributed by atoms with Crippen LogP contribution in [-0.4, -0.2) is 27.2 Å². The summed E-state index contributed by atoms with van der Waals surface area (Å²) >= 11 is 0. The van der Waals surface area contributed by atoms with Gasteiger partial charge in [-0.3, -0.25) is 0 Å². The van der Waals surface area contributed by atoms with E-state index in [9.17, 15) is 8.42 Å². The van der Waals surface area contributed by atoms with Gasteiger partial charge in [-0.25, -0.2) is 13.1 Å². The number of benzene rings is 1. The molecule has 2 unspecified atom stereocenters. The fourth-order valence-corrected chi connectivity index (χ4v) is 4.10. The molecule has 0 aliphatic carbocycles. The summed E-state index contributed by atoms with van der Waals surface area (Å²) in [4.78, 5) is 0. The van der Waals surface area contributed by atoms with E-state index >= 15 is 0 Å². The third-order valence-electron chi connectivity index (χ3n) is 3.74. The molecule has 1 saturated heterocycles. The molecule has 0 bridgehead atoms. The number of hydrogen-bond acceptors (Lipinski definition) is 4. The van der Waals surface area contributed by atoms with E-state index in [1.54, 1.807) is 24.3 Å². The van der Waals surface area contributed by atoms with Gasteiger partial charge < -0.3 is 4.74 Å². The van der Waals surface area contributed by atoms with Gasteiger partial charge in [-0.15, -0.1) is 0 Å². The summed E-state index contributed by atoms with van der Waals surface area (Å²) in [5.74, 6) is -0.104. The van der Waals surface area contributed by atoms with Crippen LogP contribution < -0.4 is 4.72 Å². The summed E-state index contributed by atoms with van der Waals surface area (Å²) in [7, 11) is -3.40. The number of nitrogens with one attached hydrogen (secondary N) is 1. The van der Waals surface area contributed by atoms with Gasteiger partial charge in [0.1, 0.15) is 0 Å². The van der Waals surface area contributed by atoms with E-state index in [1.807, 2.05) is 13.0 Å². The first-order valence-corrected chi connectivity index (χ1v) is 9.24. The summed E-state index contributed by atoms with van der Waals surface area (Å²) in [5, 5.41) is 8.85. The highest BCUT2D eigenvalue weighted by molar-refractivity contribution is 7.88. The summed E-state index contributed by atoms with van der Waals surface area (Å²) in [6.45, 7) is 2.69. The Bertz CT molecular complexity index is 631. The van der Waals surface area contributed by atoms with Crippen molar-refractivity contribution in [3.63, 3.8) is 0 Å². The van der Waals surface area contributed by atoms with Crippen molar-refractivity contribution in [2.45, 2.75) is 50.5 Å². The van der Waals surface area contributed by atoms with Crippen molar-refractivity contribution >= 4 is 10.0 Å². The highest BCUT2D eigenvalue weighted by Gasteiger charge is 2.19. The molecule has 1 aliphatic rings. The van der Waals surface area contributed by atoms with Crippen LogP contribution in [0.2, 0.25) is 0 Å². The van der Waals surface area contributed by atoms with E-state index in [2.05, 4.69) is 4.72 Å². The number of ether oxygens (including phenoxy) is 1. The molecule has 0 spiro atoms. The first-order valence-electron chi connectivity index (χ1n) is 7.59. The fraction of sp³-hybridized carbons (Fsp3) is 0.562. The molecule has 22 heavy (non-hydrogen) atoms. The number of nitriles is 1. The topological polar surface area (TPSA) is 79.2 Å². The first kappa shape index (κ1) is 16.9. The summed E-state index contributed by atoms with van der Waals surface area (Å²) in [6, 6.07) is 8.58. The maximum atomic E-state index is 12.2. The molecule has 0 amide bonds. The second-order valence-electron chi connectivity index (χ2n) is 5.80. The number of rotatable bonds is 7. The zero-order valence-corrected chi connectivity index (χ0v) is 13.6. The van der Waals surface area contributed by atoms with Gasteiger partial charge in [0.05, 0.1) is 23.5 Å². The van der Waals surface area contributed by atoms with Crippen molar-refractivity contribution in [3.8, 4) is 6.07 Å². The smallest absolute Gasteiger partial charge is 0.216 e. The molecule has 6 heteroatoms. The summed E-state index contributed by atoms with van der Waals surface area (Å²) < 4.78 is 32.6. The van der Waals surface area contributed by atoms with Crippen molar-refractivity contribution in [1.29, 1.82) is 5.26 Å². The molecule has 2 rings (SSSR count). The van der Waals surface area contributed by atoms with Crippen molar-refractivity contribution in [3.05, 3.63) is 35.4 Å². The lowest BCUT2D eigenvalue weighted by Crippen LogP contribution is -2.34. The zero-order valence-electron chi connectivity index (χ0n) is 12.8. The lowest BCUT2D eigenvalue weighted by Gasteiger charge is -2.16. The average molecular weight is 322 g/mol. The normalized spacial score (nSPS) is 19.7. The van der Waals surface area contributed by atoms with Crippen LogP contribution in [0.15, 0.2) is 24.3 Å². The predicted molar refractivity (Wildman–Crippen MR) is 84.6 cm³/mol. The number of sulfonamides is 1.